The van der Waals surface area contributed by atoms with Crippen molar-refractivity contribution in [2.75, 3.05) is 0 Å². The normalized spacial score (nSPS) is 11.4. The predicted molar refractivity (Wildman–Crippen MR) is 91.9 cm³/mol. The molecule has 1 nitrogen and oxygen atoms in total. The first-order valence-corrected chi connectivity index (χ1v) is 7.38. The highest BCUT2D eigenvalue weighted by Gasteiger charge is 1.98. The van der Waals surface area contributed by atoms with Crippen molar-refractivity contribution in [2.24, 2.45) is 0 Å². The molecule has 3 heteroatoms. The molecule has 0 aliphatic rings. The standard InChI is InChI=1S/C18H13Cl2N/c1-12-2-9-18-14(10-12)5-7-15(21-18)6-3-13-4-8-16(19)17(20)11-13/h2-11H,1H3/b6-3+. The van der Waals surface area contributed by atoms with Crippen LogP contribution < -0.4 is 0 Å². The summed E-state index contributed by atoms with van der Waals surface area (Å²) in [7, 11) is 0. The lowest BCUT2D eigenvalue weighted by molar-refractivity contribution is 1.36. The van der Waals surface area contributed by atoms with E-state index in [4.69, 9.17) is 23.2 Å². The molecule has 0 saturated heterocycles. The van der Waals surface area contributed by atoms with Gasteiger partial charge in [-0.1, -0.05) is 53.0 Å². The third kappa shape index (κ3) is 3.26. The summed E-state index contributed by atoms with van der Waals surface area (Å²) < 4.78 is 0. The SMILES string of the molecule is Cc1ccc2nc(/C=C/c3ccc(Cl)c(Cl)c3)ccc2c1. The molecule has 0 amide bonds. The Labute approximate surface area is 133 Å². The third-order valence-electron chi connectivity index (χ3n) is 3.26. The van der Waals surface area contributed by atoms with Gasteiger partial charge in [0.1, 0.15) is 0 Å². The van der Waals surface area contributed by atoms with Gasteiger partial charge < -0.3 is 0 Å². The van der Waals surface area contributed by atoms with E-state index in [0.717, 1.165) is 22.2 Å². The van der Waals surface area contributed by atoms with E-state index >= 15 is 0 Å². The first-order valence-electron chi connectivity index (χ1n) is 6.62. The van der Waals surface area contributed by atoms with E-state index in [0.29, 0.717) is 10.0 Å². The molecule has 21 heavy (non-hydrogen) atoms. The number of nitrogens with zero attached hydrogens (tertiary/aromatic N) is 1. The van der Waals surface area contributed by atoms with E-state index in [1.165, 1.54) is 5.56 Å². The van der Waals surface area contributed by atoms with Crippen LogP contribution in [0.5, 0.6) is 0 Å². The number of fused-ring (bicyclic) bond motifs is 1. The summed E-state index contributed by atoms with van der Waals surface area (Å²) in [5.41, 5.74) is 4.15. The average Bonchev–Trinajstić information content (AvgIpc) is 2.48. The molecule has 1 aromatic heterocycles. The minimum atomic E-state index is 0.556. The average molecular weight is 314 g/mol. The lowest BCUT2D eigenvalue weighted by Crippen LogP contribution is -1.84. The second-order valence-corrected chi connectivity index (χ2v) is 5.75. The number of pyridine rings is 1. The van der Waals surface area contributed by atoms with Crippen LogP contribution in [0, 0.1) is 6.92 Å². The van der Waals surface area contributed by atoms with Crippen molar-refractivity contribution < 1.29 is 0 Å². The van der Waals surface area contributed by atoms with Crippen LogP contribution in [0.3, 0.4) is 0 Å². The number of aryl methyl sites for hydroxylation is 1. The molecule has 0 bridgehead atoms. The van der Waals surface area contributed by atoms with Gasteiger partial charge in [-0.3, -0.25) is 0 Å². The zero-order valence-corrected chi connectivity index (χ0v) is 13.0. The highest BCUT2D eigenvalue weighted by molar-refractivity contribution is 6.42. The van der Waals surface area contributed by atoms with Gasteiger partial charge in [0.15, 0.2) is 0 Å². The van der Waals surface area contributed by atoms with Crippen LogP contribution >= 0.6 is 23.2 Å². The fourth-order valence-corrected chi connectivity index (χ4v) is 2.46. The number of aromatic nitrogens is 1. The van der Waals surface area contributed by atoms with E-state index < -0.39 is 0 Å². The van der Waals surface area contributed by atoms with Crippen LogP contribution in [-0.4, -0.2) is 4.98 Å². The molecule has 1 heterocycles. The lowest BCUT2D eigenvalue weighted by Gasteiger charge is -2.01. The van der Waals surface area contributed by atoms with Crippen LogP contribution in [0.4, 0.5) is 0 Å². The highest BCUT2D eigenvalue weighted by atomic mass is 35.5. The van der Waals surface area contributed by atoms with E-state index in [1.54, 1.807) is 6.07 Å². The molecule has 0 aliphatic heterocycles. The molecule has 0 radical (unpaired) electrons. The monoisotopic (exact) mass is 313 g/mol. The minimum Gasteiger partial charge on any atom is -0.248 e. The zero-order chi connectivity index (χ0) is 14.8. The van der Waals surface area contributed by atoms with Crippen LogP contribution in [0.15, 0.2) is 48.5 Å². The molecule has 3 aromatic rings. The molecule has 0 atom stereocenters. The highest BCUT2D eigenvalue weighted by Crippen LogP contribution is 2.23. The summed E-state index contributed by atoms with van der Waals surface area (Å²) in [4.78, 5) is 4.63. The Morgan fingerprint density at radius 1 is 0.857 bits per heavy atom. The maximum atomic E-state index is 6.01. The molecule has 0 fully saturated rings. The molecule has 0 unspecified atom stereocenters. The summed E-state index contributed by atoms with van der Waals surface area (Å²) in [5, 5.41) is 2.27. The predicted octanol–water partition coefficient (Wildman–Crippen LogP) is 6.02. The number of hydrogen-bond acceptors (Lipinski definition) is 1. The van der Waals surface area contributed by atoms with Gasteiger partial charge in [-0.25, -0.2) is 4.98 Å². The summed E-state index contributed by atoms with van der Waals surface area (Å²) in [6.07, 6.45) is 3.95. The Hall–Kier alpha value is -1.83. The van der Waals surface area contributed by atoms with Crippen molar-refractivity contribution in [1.82, 2.24) is 4.98 Å². The Kier molecular flexibility index (Phi) is 3.96. The van der Waals surface area contributed by atoms with Crippen molar-refractivity contribution in [3.8, 4) is 0 Å². The Balaban J connectivity index is 1.91. The van der Waals surface area contributed by atoms with E-state index in [9.17, 15) is 0 Å². The van der Waals surface area contributed by atoms with Gasteiger partial charge in [-0.15, -0.1) is 0 Å². The summed E-state index contributed by atoms with van der Waals surface area (Å²) in [6.45, 7) is 2.08. The summed E-state index contributed by atoms with van der Waals surface area (Å²) in [5.74, 6) is 0. The molecule has 0 N–H and O–H groups in total. The fourth-order valence-electron chi connectivity index (χ4n) is 2.15. The number of halogens is 2. The molecule has 104 valence electrons. The van der Waals surface area contributed by atoms with Crippen LogP contribution in [0.2, 0.25) is 10.0 Å². The lowest BCUT2D eigenvalue weighted by atomic mass is 10.1. The van der Waals surface area contributed by atoms with Crippen molar-refractivity contribution in [2.45, 2.75) is 6.92 Å². The van der Waals surface area contributed by atoms with Crippen LogP contribution in [-0.2, 0) is 0 Å². The van der Waals surface area contributed by atoms with Gasteiger partial charge in [-0.05, 0) is 48.9 Å². The first-order chi connectivity index (χ1) is 10.1. The maximum Gasteiger partial charge on any atom is 0.0709 e. The maximum absolute atomic E-state index is 6.01. The van der Waals surface area contributed by atoms with Crippen LogP contribution in [0.1, 0.15) is 16.8 Å². The molecule has 0 saturated carbocycles. The second kappa shape index (κ2) is 5.88. The molecule has 2 aromatic carbocycles. The zero-order valence-electron chi connectivity index (χ0n) is 11.5. The van der Waals surface area contributed by atoms with Gasteiger partial charge in [0.2, 0.25) is 0 Å². The van der Waals surface area contributed by atoms with Gasteiger partial charge in [0, 0.05) is 5.39 Å². The number of benzene rings is 2. The molecular weight excluding hydrogens is 301 g/mol. The van der Waals surface area contributed by atoms with E-state index in [-0.39, 0.29) is 0 Å². The van der Waals surface area contributed by atoms with Gasteiger partial charge in [-0.2, -0.15) is 0 Å². The van der Waals surface area contributed by atoms with Gasteiger partial charge in [0.25, 0.3) is 0 Å². The largest absolute Gasteiger partial charge is 0.248 e. The Morgan fingerprint density at radius 3 is 2.52 bits per heavy atom. The third-order valence-corrected chi connectivity index (χ3v) is 4.00. The number of rotatable bonds is 2. The van der Waals surface area contributed by atoms with Gasteiger partial charge >= 0.3 is 0 Å². The molecule has 0 spiro atoms. The van der Waals surface area contributed by atoms with Crippen molar-refractivity contribution >= 4 is 46.3 Å². The van der Waals surface area contributed by atoms with Crippen molar-refractivity contribution in [3.63, 3.8) is 0 Å². The topological polar surface area (TPSA) is 12.9 Å². The quantitative estimate of drug-likeness (QED) is 0.563. The fraction of sp³-hybridized carbons (Fsp3) is 0.0556. The summed E-state index contributed by atoms with van der Waals surface area (Å²) in [6, 6.07) is 15.9. The first kappa shape index (κ1) is 14.1. The van der Waals surface area contributed by atoms with Gasteiger partial charge in [0.05, 0.1) is 21.3 Å². The Bertz CT molecular complexity index is 838. The number of hydrogen-bond donors (Lipinski definition) is 0. The molecule has 0 aliphatic carbocycles. The molecule has 3 rings (SSSR count). The second-order valence-electron chi connectivity index (χ2n) is 4.94. The van der Waals surface area contributed by atoms with Crippen LogP contribution in [0.25, 0.3) is 23.1 Å². The molecular formula is C18H13Cl2N. The smallest absolute Gasteiger partial charge is 0.0709 e. The van der Waals surface area contributed by atoms with E-state index in [1.807, 2.05) is 36.4 Å². The Morgan fingerprint density at radius 2 is 1.71 bits per heavy atom. The van der Waals surface area contributed by atoms with Crippen molar-refractivity contribution in [3.05, 3.63) is 75.4 Å². The van der Waals surface area contributed by atoms with Crippen molar-refractivity contribution in [1.29, 1.82) is 0 Å². The summed E-state index contributed by atoms with van der Waals surface area (Å²) >= 11 is 11.9. The minimum absolute atomic E-state index is 0.556. The van der Waals surface area contributed by atoms with E-state index in [2.05, 4.69) is 30.1 Å².